The first-order chi connectivity index (χ1) is 13.6. The summed E-state index contributed by atoms with van der Waals surface area (Å²) in [6, 6.07) is 14.1. The second kappa shape index (κ2) is 7.51. The molecule has 2 aromatic carbocycles. The standard InChI is InChI=1S/C20H19N5O3/c26-18(10-9-17-23-16-4-2-1-3-15(16)19(27)24-17)22-13-5-7-14(8-6-13)25-12-11-21-20(25)28/h1-8H,9-12H2,(H,21,28)(H,22,26)(H,23,24,27). The van der Waals surface area contributed by atoms with Crippen molar-refractivity contribution in [3.63, 3.8) is 0 Å². The maximum atomic E-state index is 12.2. The fourth-order valence-corrected chi connectivity index (χ4v) is 3.15. The summed E-state index contributed by atoms with van der Waals surface area (Å²) in [5.41, 5.74) is 1.84. The third-order valence-electron chi connectivity index (χ3n) is 4.57. The highest BCUT2D eigenvalue weighted by Gasteiger charge is 2.20. The smallest absolute Gasteiger partial charge is 0.321 e. The van der Waals surface area contributed by atoms with Crippen molar-refractivity contribution in [3.05, 3.63) is 64.7 Å². The lowest BCUT2D eigenvalue weighted by atomic mass is 10.2. The van der Waals surface area contributed by atoms with Crippen LogP contribution in [0.25, 0.3) is 10.9 Å². The number of fused-ring (bicyclic) bond motifs is 1. The minimum atomic E-state index is -0.206. The Morgan fingerprint density at radius 2 is 1.89 bits per heavy atom. The quantitative estimate of drug-likeness (QED) is 0.632. The highest BCUT2D eigenvalue weighted by atomic mass is 16.2. The van der Waals surface area contributed by atoms with E-state index in [9.17, 15) is 14.4 Å². The van der Waals surface area contributed by atoms with Gasteiger partial charge in [-0.3, -0.25) is 14.5 Å². The van der Waals surface area contributed by atoms with Crippen LogP contribution in [0, 0.1) is 0 Å². The highest BCUT2D eigenvalue weighted by Crippen LogP contribution is 2.19. The summed E-state index contributed by atoms with van der Waals surface area (Å²) in [6.45, 7) is 1.25. The summed E-state index contributed by atoms with van der Waals surface area (Å²) in [4.78, 5) is 44.7. The Kier molecular flexibility index (Phi) is 4.76. The number of aromatic amines is 1. The van der Waals surface area contributed by atoms with Crippen LogP contribution in [0.4, 0.5) is 16.2 Å². The van der Waals surface area contributed by atoms with Crippen LogP contribution in [-0.4, -0.2) is 35.0 Å². The first-order valence-electron chi connectivity index (χ1n) is 9.03. The fourth-order valence-electron chi connectivity index (χ4n) is 3.15. The second-order valence-electron chi connectivity index (χ2n) is 6.51. The van der Waals surface area contributed by atoms with E-state index in [1.807, 2.05) is 6.07 Å². The molecule has 1 aromatic heterocycles. The molecule has 0 saturated carbocycles. The molecule has 4 rings (SSSR count). The van der Waals surface area contributed by atoms with Gasteiger partial charge in [-0.1, -0.05) is 12.1 Å². The van der Waals surface area contributed by atoms with Gasteiger partial charge in [-0.15, -0.1) is 0 Å². The van der Waals surface area contributed by atoms with E-state index < -0.39 is 0 Å². The predicted octanol–water partition coefficient (Wildman–Crippen LogP) is 2.02. The number of urea groups is 1. The van der Waals surface area contributed by atoms with Gasteiger partial charge in [0.2, 0.25) is 5.91 Å². The molecule has 0 atom stereocenters. The van der Waals surface area contributed by atoms with Crippen molar-refractivity contribution in [2.75, 3.05) is 23.3 Å². The van der Waals surface area contributed by atoms with Gasteiger partial charge in [0.1, 0.15) is 5.82 Å². The first kappa shape index (κ1) is 17.7. The van der Waals surface area contributed by atoms with Crippen LogP contribution in [0.5, 0.6) is 0 Å². The van der Waals surface area contributed by atoms with Gasteiger partial charge in [0, 0.05) is 37.3 Å². The van der Waals surface area contributed by atoms with Crippen molar-refractivity contribution in [1.29, 1.82) is 0 Å². The van der Waals surface area contributed by atoms with E-state index in [1.54, 1.807) is 47.4 Å². The van der Waals surface area contributed by atoms with Crippen molar-refractivity contribution in [2.45, 2.75) is 12.8 Å². The second-order valence-corrected chi connectivity index (χ2v) is 6.51. The molecule has 1 saturated heterocycles. The number of H-pyrrole nitrogens is 1. The number of nitrogens with one attached hydrogen (secondary N) is 3. The Morgan fingerprint density at radius 3 is 2.64 bits per heavy atom. The van der Waals surface area contributed by atoms with Crippen LogP contribution in [0.15, 0.2) is 53.3 Å². The zero-order chi connectivity index (χ0) is 19.5. The Hall–Kier alpha value is -3.68. The molecule has 0 bridgehead atoms. The molecule has 28 heavy (non-hydrogen) atoms. The van der Waals surface area contributed by atoms with Gasteiger partial charge in [-0.25, -0.2) is 9.78 Å². The molecule has 1 fully saturated rings. The molecule has 8 heteroatoms. The lowest BCUT2D eigenvalue weighted by molar-refractivity contribution is -0.116. The molecular formula is C20H19N5O3. The number of amides is 3. The summed E-state index contributed by atoms with van der Waals surface area (Å²) in [7, 11) is 0. The van der Waals surface area contributed by atoms with Gasteiger partial charge in [0.15, 0.2) is 0 Å². The van der Waals surface area contributed by atoms with Gasteiger partial charge >= 0.3 is 6.03 Å². The molecule has 8 nitrogen and oxygen atoms in total. The number of hydrogen-bond acceptors (Lipinski definition) is 4. The highest BCUT2D eigenvalue weighted by molar-refractivity contribution is 5.95. The molecule has 0 spiro atoms. The van der Waals surface area contributed by atoms with Crippen LogP contribution in [0.1, 0.15) is 12.2 Å². The molecular weight excluding hydrogens is 358 g/mol. The number of carbonyl (C=O) groups is 2. The number of aromatic nitrogens is 2. The monoisotopic (exact) mass is 377 g/mol. The van der Waals surface area contributed by atoms with Crippen LogP contribution >= 0.6 is 0 Å². The zero-order valence-corrected chi connectivity index (χ0v) is 15.1. The fraction of sp³-hybridized carbons (Fsp3) is 0.200. The molecule has 1 aliphatic heterocycles. The zero-order valence-electron chi connectivity index (χ0n) is 15.1. The van der Waals surface area contributed by atoms with Crippen LogP contribution < -0.4 is 21.1 Å². The topological polar surface area (TPSA) is 107 Å². The average Bonchev–Trinajstić information content (AvgIpc) is 3.13. The maximum Gasteiger partial charge on any atom is 0.321 e. The number of para-hydroxylation sites is 1. The molecule has 0 unspecified atom stereocenters. The SMILES string of the molecule is O=C(CCc1nc2ccccc2c(=O)[nH]1)Nc1ccc(N2CCNC2=O)cc1. The number of nitrogens with zero attached hydrogens (tertiary/aromatic N) is 2. The third kappa shape index (κ3) is 3.71. The Balaban J connectivity index is 1.37. The van der Waals surface area contributed by atoms with Crippen LogP contribution in [0.3, 0.4) is 0 Å². The molecule has 3 N–H and O–H groups in total. The van der Waals surface area contributed by atoms with Crippen molar-refractivity contribution in [2.24, 2.45) is 0 Å². The third-order valence-corrected chi connectivity index (χ3v) is 4.57. The summed E-state index contributed by atoms with van der Waals surface area (Å²) >= 11 is 0. The van der Waals surface area contributed by atoms with Gasteiger partial charge in [-0.05, 0) is 36.4 Å². The molecule has 3 amide bonds. The Bertz CT molecular complexity index is 1090. The van der Waals surface area contributed by atoms with Crippen molar-refractivity contribution in [1.82, 2.24) is 15.3 Å². The average molecular weight is 377 g/mol. The van der Waals surface area contributed by atoms with E-state index in [1.165, 1.54) is 0 Å². The molecule has 2 heterocycles. The van der Waals surface area contributed by atoms with E-state index in [4.69, 9.17) is 0 Å². The molecule has 0 radical (unpaired) electrons. The number of anilines is 2. The number of rotatable bonds is 5. The number of carbonyl (C=O) groups excluding carboxylic acids is 2. The molecule has 0 aliphatic carbocycles. The number of benzene rings is 2. The normalized spacial score (nSPS) is 13.6. The summed E-state index contributed by atoms with van der Waals surface area (Å²) in [6.07, 6.45) is 0.523. The van der Waals surface area contributed by atoms with Gasteiger partial charge < -0.3 is 15.6 Å². The van der Waals surface area contributed by atoms with Gasteiger partial charge in [0.05, 0.1) is 10.9 Å². The van der Waals surface area contributed by atoms with Gasteiger partial charge in [0.25, 0.3) is 5.56 Å². The largest absolute Gasteiger partial charge is 0.336 e. The lowest BCUT2D eigenvalue weighted by Gasteiger charge is -2.14. The predicted molar refractivity (Wildman–Crippen MR) is 107 cm³/mol. The van der Waals surface area contributed by atoms with E-state index in [0.717, 1.165) is 5.69 Å². The van der Waals surface area contributed by atoms with Crippen LogP contribution in [0.2, 0.25) is 0 Å². The maximum absolute atomic E-state index is 12.2. The summed E-state index contributed by atoms with van der Waals surface area (Å²) < 4.78 is 0. The van der Waals surface area contributed by atoms with E-state index >= 15 is 0 Å². The lowest BCUT2D eigenvalue weighted by Crippen LogP contribution is -2.27. The number of aryl methyl sites for hydroxylation is 1. The van der Waals surface area contributed by atoms with E-state index in [0.29, 0.717) is 41.9 Å². The minimum Gasteiger partial charge on any atom is -0.336 e. The molecule has 3 aromatic rings. The van der Waals surface area contributed by atoms with Gasteiger partial charge in [-0.2, -0.15) is 0 Å². The molecule has 142 valence electrons. The summed E-state index contributed by atoms with van der Waals surface area (Å²) in [5.74, 6) is 0.303. The number of hydrogen-bond donors (Lipinski definition) is 3. The summed E-state index contributed by atoms with van der Waals surface area (Å²) in [5, 5.41) is 6.09. The minimum absolute atomic E-state index is 0.117. The van der Waals surface area contributed by atoms with Crippen LogP contribution in [-0.2, 0) is 11.2 Å². The van der Waals surface area contributed by atoms with E-state index in [-0.39, 0.29) is 23.9 Å². The van der Waals surface area contributed by atoms with Crippen molar-refractivity contribution >= 4 is 34.2 Å². The first-order valence-corrected chi connectivity index (χ1v) is 9.03. The Morgan fingerprint density at radius 1 is 1.11 bits per heavy atom. The Labute approximate surface area is 160 Å². The van der Waals surface area contributed by atoms with Crippen molar-refractivity contribution < 1.29 is 9.59 Å². The van der Waals surface area contributed by atoms with Crippen molar-refractivity contribution in [3.8, 4) is 0 Å². The van der Waals surface area contributed by atoms with E-state index in [2.05, 4.69) is 20.6 Å². The molecule has 1 aliphatic rings.